The predicted octanol–water partition coefficient (Wildman–Crippen LogP) is 4.03. The van der Waals surface area contributed by atoms with Crippen LogP contribution in [0.5, 0.6) is 0 Å². The summed E-state index contributed by atoms with van der Waals surface area (Å²) in [5.74, 6) is -1.10. The summed E-state index contributed by atoms with van der Waals surface area (Å²) in [5, 5.41) is 23.2. The quantitative estimate of drug-likeness (QED) is 0.170. The minimum absolute atomic E-state index is 0.0108. The van der Waals surface area contributed by atoms with Gasteiger partial charge in [0.15, 0.2) is 0 Å². The highest BCUT2D eigenvalue weighted by atomic mass is 19.1. The first kappa shape index (κ1) is 33.4. The number of rotatable bonds is 12. The van der Waals surface area contributed by atoms with E-state index in [0.29, 0.717) is 82.5 Å². The number of carbonyl (C=O) groups is 2. The topological polar surface area (TPSA) is 132 Å². The van der Waals surface area contributed by atoms with E-state index in [1.54, 1.807) is 17.0 Å². The number of aromatic nitrogens is 2. The van der Waals surface area contributed by atoms with Gasteiger partial charge in [-0.3, -0.25) is 19.4 Å². The molecule has 1 amide bonds. The van der Waals surface area contributed by atoms with Crippen LogP contribution in [0.15, 0.2) is 77.3 Å². The molecule has 3 heterocycles. The second-order valence-electron chi connectivity index (χ2n) is 12.3. The summed E-state index contributed by atoms with van der Waals surface area (Å²) in [6.45, 7) is 5.43. The average molecular weight is 658 g/mol. The van der Waals surface area contributed by atoms with Crippen LogP contribution in [-0.2, 0) is 20.9 Å². The molecule has 3 aromatic carbocycles. The standard InChI is InChI=1S/C36H40FN5O6/c37-31-24-29(10-11-30(31)27-4-2-1-3-5-27)33-38-32(39-48-33)28-8-6-26(7-9-28)25-41-14-12-36(13-15-41,35(45)46)34(44)42-18-16-40(17-19-42)20-22-47-23-21-43/h1-11,24,43H,12-23,25H2,(H,45,46). The van der Waals surface area contributed by atoms with Crippen molar-refractivity contribution in [2.75, 3.05) is 65.6 Å². The summed E-state index contributed by atoms with van der Waals surface area (Å²) in [6, 6.07) is 21.9. The molecule has 48 heavy (non-hydrogen) atoms. The van der Waals surface area contributed by atoms with Crippen LogP contribution in [0.2, 0.25) is 0 Å². The number of likely N-dealkylation sites (tertiary alicyclic amines) is 1. The zero-order valence-corrected chi connectivity index (χ0v) is 26.8. The van der Waals surface area contributed by atoms with Crippen LogP contribution < -0.4 is 0 Å². The Labute approximate surface area is 278 Å². The molecule has 1 aromatic heterocycles. The van der Waals surface area contributed by atoms with E-state index in [9.17, 15) is 19.1 Å². The van der Waals surface area contributed by atoms with Crippen LogP contribution in [-0.4, -0.2) is 113 Å². The summed E-state index contributed by atoms with van der Waals surface area (Å²) in [5.41, 5.74) is 2.15. The second-order valence-corrected chi connectivity index (χ2v) is 12.3. The molecule has 0 aliphatic carbocycles. The molecule has 0 atom stereocenters. The van der Waals surface area contributed by atoms with E-state index in [0.717, 1.165) is 16.7 Å². The number of piperidine rings is 1. The number of hydrogen-bond donors (Lipinski definition) is 2. The van der Waals surface area contributed by atoms with E-state index in [2.05, 4.69) is 19.9 Å². The third-order valence-corrected chi connectivity index (χ3v) is 9.32. The first-order chi connectivity index (χ1) is 23.4. The predicted molar refractivity (Wildman–Crippen MR) is 176 cm³/mol. The van der Waals surface area contributed by atoms with Crippen molar-refractivity contribution < 1.29 is 33.5 Å². The third-order valence-electron chi connectivity index (χ3n) is 9.32. The molecule has 2 aliphatic heterocycles. The van der Waals surface area contributed by atoms with Crippen molar-refractivity contribution in [2.45, 2.75) is 19.4 Å². The number of aliphatic hydroxyl groups is 1. The lowest BCUT2D eigenvalue weighted by atomic mass is 9.76. The van der Waals surface area contributed by atoms with Crippen LogP contribution >= 0.6 is 0 Å². The Morgan fingerprint density at radius 1 is 0.854 bits per heavy atom. The Morgan fingerprint density at radius 3 is 2.23 bits per heavy atom. The van der Waals surface area contributed by atoms with E-state index in [1.807, 2.05) is 54.6 Å². The number of nitrogens with zero attached hydrogens (tertiary/aromatic N) is 5. The van der Waals surface area contributed by atoms with Gasteiger partial charge in [0.05, 0.1) is 19.8 Å². The van der Waals surface area contributed by atoms with Crippen molar-refractivity contribution in [2.24, 2.45) is 5.41 Å². The zero-order chi connectivity index (χ0) is 33.5. The Morgan fingerprint density at radius 2 is 1.56 bits per heavy atom. The van der Waals surface area contributed by atoms with Crippen molar-refractivity contribution >= 4 is 11.9 Å². The van der Waals surface area contributed by atoms with Crippen LogP contribution in [0.4, 0.5) is 4.39 Å². The second kappa shape index (κ2) is 15.2. The fraction of sp³-hybridized carbons (Fsp3) is 0.389. The van der Waals surface area contributed by atoms with E-state index in [1.165, 1.54) is 6.07 Å². The molecule has 0 radical (unpaired) electrons. The molecule has 252 valence electrons. The largest absolute Gasteiger partial charge is 0.480 e. The number of ether oxygens (including phenoxy) is 1. The van der Waals surface area contributed by atoms with Gasteiger partial charge < -0.3 is 24.4 Å². The summed E-state index contributed by atoms with van der Waals surface area (Å²) in [6.07, 6.45) is 0.514. The fourth-order valence-electron chi connectivity index (χ4n) is 6.42. The van der Waals surface area contributed by atoms with E-state index in [4.69, 9.17) is 14.4 Å². The van der Waals surface area contributed by atoms with Gasteiger partial charge in [-0.15, -0.1) is 0 Å². The van der Waals surface area contributed by atoms with Gasteiger partial charge in [0.2, 0.25) is 11.7 Å². The smallest absolute Gasteiger partial charge is 0.319 e. The molecule has 2 aliphatic rings. The Balaban J connectivity index is 1.02. The summed E-state index contributed by atoms with van der Waals surface area (Å²) >= 11 is 0. The highest BCUT2D eigenvalue weighted by Crippen LogP contribution is 2.35. The summed E-state index contributed by atoms with van der Waals surface area (Å²) < 4.78 is 25.7. The Bertz CT molecular complexity index is 1680. The lowest BCUT2D eigenvalue weighted by Crippen LogP contribution is -2.58. The van der Waals surface area contributed by atoms with Crippen molar-refractivity contribution in [1.82, 2.24) is 24.8 Å². The number of piperazine rings is 1. The number of amides is 1. The van der Waals surface area contributed by atoms with Crippen molar-refractivity contribution in [3.05, 3.63) is 84.2 Å². The first-order valence-electron chi connectivity index (χ1n) is 16.3. The number of aliphatic hydroxyl groups excluding tert-OH is 1. The van der Waals surface area contributed by atoms with Crippen molar-refractivity contribution in [1.29, 1.82) is 0 Å². The third kappa shape index (κ3) is 7.47. The maximum atomic E-state index is 14.9. The minimum Gasteiger partial charge on any atom is -0.480 e. The molecule has 0 bridgehead atoms. The van der Waals surface area contributed by atoms with Crippen LogP contribution in [0.3, 0.4) is 0 Å². The lowest BCUT2D eigenvalue weighted by Gasteiger charge is -2.43. The molecular formula is C36H40FN5O6. The molecule has 2 N–H and O–H groups in total. The molecule has 4 aromatic rings. The fourth-order valence-corrected chi connectivity index (χ4v) is 6.42. The number of carboxylic acid groups (broad SMARTS) is 1. The van der Waals surface area contributed by atoms with Gasteiger partial charge in [-0.2, -0.15) is 4.98 Å². The lowest BCUT2D eigenvalue weighted by molar-refractivity contribution is -0.165. The van der Waals surface area contributed by atoms with Crippen molar-refractivity contribution in [3.8, 4) is 34.0 Å². The van der Waals surface area contributed by atoms with Crippen LogP contribution in [0.25, 0.3) is 34.0 Å². The monoisotopic (exact) mass is 657 g/mol. The van der Waals surface area contributed by atoms with Crippen LogP contribution in [0, 0.1) is 11.2 Å². The molecule has 11 nitrogen and oxygen atoms in total. The molecule has 0 saturated carbocycles. The summed E-state index contributed by atoms with van der Waals surface area (Å²) in [4.78, 5) is 36.6. The van der Waals surface area contributed by atoms with Gasteiger partial charge in [0, 0.05) is 69.0 Å². The minimum atomic E-state index is -1.41. The van der Waals surface area contributed by atoms with Crippen molar-refractivity contribution in [3.63, 3.8) is 0 Å². The van der Waals surface area contributed by atoms with Gasteiger partial charge in [0.25, 0.3) is 5.89 Å². The Kier molecular flexibility index (Phi) is 10.6. The van der Waals surface area contributed by atoms with Crippen LogP contribution in [0.1, 0.15) is 18.4 Å². The number of aliphatic carboxylic acids is 1. The highest BCUT2D eigenvalue weighted by molar-refractivity contribution is 6.02. The average Bonchev–Trinajstić information content (AvgIpc) is 3.62. The van der Waals surface area contributed by atoms with Gasteiger partial charge in [-0.05, 0) is 36.1 Å². The maximum absolute atomic E-state index is 14.9. The molecule has 12 heteroatoms. The van der Waals surface area contributed by atoms with E-state index in [-0.39, 0.29) is 37.1 Å². The first-order valence-corrected chi connectivity index (χ1v) is 16.3. The molecule has 0 spiro atoms. The number of halogens is 1. The van der Waals surface area contributed by atoms with Gasteiger partial charge in [-0.1, -0.05) is 65.8 Å². The van der Waals surface area contributed by atoms with E-state index >= 15 is 0 Å². The number of hydrogen-bond acceptors (Lipinski definition) is 9. The van der Waals surface area contributed by atoms with E-state index < -0.39 is 11.4 Å². The number of carboxylic acids is 1. The zero-order valence-electron chi connectivity index (χ0n) is 26.8. The van der Waals surface area contributed by atoms with Gasteiger partial charge in [0.1, 0.15) is 11.2 Å². The maximum Gasteiger partial charge on any atom is 0.319 e. The molecule has 6 rings (SSSR count). The molecular weight excluding hydrogens is 617 g/mol. The number of benzene rings is 3. The normalized spacial score (nSPS) is 17.0. The Hall–Kier alpha value is -4.49. The highest BCUT2D eigenvalue weighted by Gasteiger charge is 2.50. The summed E-state index contributed by atoms with van der Waals surface area (Å²) in [7, 11) is 0. The SMILES string of the molecule is O=C(O)C1(C(=O)N2CCN(CCOCCO)CC2)CCN(Cc2ccc(-c3noc(-c4ccc(-c5ccccc5)c(F)c4)n3)cc2)CC1. The van der Waals surface area contributed by atoms with Gasteiger partial charge >= 0.3 is 5.97 Å². The molecule has 2 saturated heterocycles. The molecule has 2 fully saturated rings. The van der Waals surface area contributed by atoms with Gasteiger partial charge in [-0.25, -0.2) is 4.39 Å². The molecule has 0 unspecified atom stereocenters. The number of carbonyl (C=O) groups excluding carboxylic acids is 1.